The normalized spacial score (nSPS) is 19.4. The highest BCUT2D eigenvalue weighted by Crippen LogP contribution is 2.41. The molecule has 4 radical (unpaired) electrons. The van der Waals surface area contributed by atoms with Gasteiger partial charge in [-0.25, -0.2) is 4.79 Å². The summed E-state index contributed by atoms with van der Waals surface area (Å²) in [4.78, 5) is 12.6. The third-order valence-electron chi connectivity index (χ3n) is 4.30. The zero-order valence-electron chi connectivity index (χ0n) is 15.5. The van der Waals surface area contributed by atoms with E-state index in [9.17, 15) is 4.79 Å². The molecule has 3 nitrogen and oxygen atoms in total. The average molecular weight is 342 g/mol. The Morgan fingerprint density at radius 3 is 2.42 bits per heavy atom. The molecule has 1 aliphatic rings. The van der Waals surface area contributed by atoms with Crippen LogP contribution in [0.1, 0.15) is 44.8 Å². The maximum atomic E-state index is 12.6. The molecular weight excluding hydrogens is 322 g/mol. The summed E-state index contributed by atoms with van der Waals surface area (Å²) in [6.45, 7) is 7.56. The lowest BCUT2D eigenvalue weighted by atomic mass is 9.80. The molecule has 1 aromatic heterocycles. The number of hydrogen-bond acceptors (Lipinski definition) is 3. The first-order chi connectivity index (χ1) is 12.4. The minimum Gasteiger partial charge on any atom is -0.492 e. The van der Waals surface area contributed by atoms with Crippen molar-refractivity contribution in [3.05, 3.63) is 58.2 Å². The van der Waals surface area contributed by atoms with E-state index in [1.54, 1.807) is 19.9 Å². The lowest BCUT2D eigenvalue weighted by Gasteiger charge is -2.30. The van der Waals surface area contributed by atoms with Crippen LogP contribution in [0.4, 0.5) is 0 Å². The number of ether oxygens (including phenoxy) is 1. The highest BCUT2D eigenvalue weighted by Gasteiger charge is 2.26. The van der Waals surface area contributed by atoms with Crippen molar-refractivity contribution in [1.82, 2.24) is 0 Å². The van der Waals surface area contributed by atoms with Crippen molar-refractivity contribution in [3.63, 3.8) is 0 Å². The quantitative estimate of drug-likeness (QED) is 0.483. The first kappa shape index (κ1) is 18.4. The lowest BCUT2D eigenvalue weighted by Crippen LogP contribution is -2.32. The van der Waals surface area contributed by atoms with E-state index in [4.69, 9.17) is 24.8 Å². The van der Waals surface area contributed by atoms with Gasteiger partial charge in [-0.15, -0.1) is 0 Å². The fourth-order valence-electron chi connectivity index (χ4n) is 3.15. The van der Waals surface area contributed by atoms with Gasteiger partial charge in [-0.2, -0.15) is 0 Å². The van der Waals surface area contributed by atoms with Crippen LogP contribution in [0.3, 0.4) is 0 Å². The third kappa shape index (κ3) is 2.96. The molecule has 0 amide bonds. The molecule has 3 aromatic rings. The Balaban J connectivity index is 0.000000948. The Kier molecular flexibility index (Phi) is 4.74. The molecule has 0 aliphatic carbocycles. The van der Waals surface area contributed by atoms with Crippen molar-refractivity contribution in [2.75, 3.05) is 0 Å². The summed E-state index contributed by atoms with van der Waals surface area (Å²) in [6.07, 6.45) is 3.57. The number of benzene rings is 2. The van der Waals surface area contributed by atoms with Crippen LogP contribution in [0.15, 0.2) is 45.6 Å². The largest absolute Gasteiger partial charge is 0.492 e. The van der Waals surface area contributed by atoms with Gasteiger partial charge in [0.1, 0.15) is 19.4 Å². The molecule has 2 unspecified atom stereocenters. The van der Waals surface area contributed by atoms with E-state index in [0.717, 1.165) is 16.2 Å². The van der Waals surface area contributed by atoms with Gasteiger partial charge >= 0.3 is 5.63 Å². The Morgan fingerprint density at radius 2 is 1.77 bits per heavy atom. The van der Waals surface area contributed by atoms with Crippen molar-refractivity contribution in [3.8, 4) is 5.75 Å². The van der Waals surface area contributed by atoms with Gasteiger partial charge in [0.15, 0.2) is 0 Å². The SMILES string of the molecule is CC.[B]C(C)c1cc2c(c3c(c4ccccc42)OC([B])(C)C=C3)c(=O)o1. The molecular formula is C21H20B2O3. The Morgan fingerprint density at radius 1 is 1.12 bits per heavy atom. The Labute approximate surface area is 155 Å². The number of hydrogen-bond donors (Lipinski definition) is 0. The van der Waals surface area contributed by atoms with Gasteiger partial charge < -0.3 is 9.15 Å². The van der Waals surface area contributed by atoms with Crippen LogP contribution in [-0.4, -0.2) is 21.2 Å². The monoisotopic (exact) mass is 342 g/mol. The molecule has 0 bridgehead atoms. The van der Waals surface area contributed by atoms with E-state index in [1.165, 1.54) is 0 Å². The highest BCUT2D eigenvalue weighted by atomic mass is 16.5. The smallest absolute Gasteiger partial charge is 0.344 e. The Hall–Kier alpha value is -2.42. The second kappa shape index (κ2) is 6.71. The predicted molar refractivity (Wildman–Crippen MR) is 109 cm³/mol. The van der Waals surface area contributed by atoms with Crippen LogP contribution in [-0.2, 0) is 0 Å². The van der Waals surface area contributed by atoms with Gasteiger partial charge in [-0.3, -0.25) is 0 Å². The van der Waals surface area contributed by atoms with Crippen LogP contribution in [0.25, 0.3) is 27.6 Å². The van der Waals surface area contributed by atoms with E-state index in [2.05, 4.69) is 0 Å². The molecule has 5 heteroatoms. The van der Waals surface area contributed by atoms with Crippen molar-refractivity contribution in [2.24, 2.45) is 0 Å². The number of fused-ring (bicyclic) bond motifs is 6. The van der Waals surface area contributed by atoms with Crippen molar-refractivity contribution >= 4 is 43.3 Å². The van der Waals surface area contributed by atoms with Crippen LogP contribution in [0.5, 0.6) is 5.75 Å². The minimum atomic E-state index is -0.921. The highest BCUT2D eigenvalue weighted by molar-refractivity contribution is 6.19. The van der Waals surface area contributed by atoms with Crippen molar-refractivity contribution in [1.29, 1.82) is 0 Å². The minimum absolute atomic E-state index is 0.365. The zero-order chi connectivity index (χ0) is 19.1. The van der Waals surface area contributed by atoms with Gasteiger partial charge in [0.05, 0.1) is 18.7 Å². The number of rotatable bonds is 1. The summed E-state index contributed by atoms with van der Waals surface area (Å²) < 4.78 is 11.4. The van der Waals surface area contributed by atoms with Crippen LogP contribution < -0.4 is 10.4 Å². The van der Waals surface area contributed by atoms with E-state index in [0.29, 0.717) is 22.5 Å². The first-order valence-corrected chi connectivity index (χ1v) is 8.82. The topological polar surface area (TPSA) is 39.4 Å². The summed E-state index contributed by atoms with van der Waals surface area (Å²) in [5.41, 5.74) is -0.651. The molecule has 0 spiro atoms. The third-order valence-corrected chi connectivity index (χ3v) is 4.30. The van der Waals surface area contributed by atoms with Gasteiger partial charge in [0.2, 0.25) is 0 Å². The molecule has 128 valence electrons. The fourth-order valence-corrected chi connectivity index (χ4v) is 3.15. The summed E-state index contributed by atoms with van der Waals surface area (Å²) in [7, 11) is 12.0. The molecule has 1 aliphatic heterocycles. The van der Waals surface area contributed by atoms with Gasteiger partial charge in [-0.05, 0) is 24.2 Å². The predicted octanol–water partition coefficient (Wildman–Crippen LogP) is 4.49. The maximum absolute atomic E-state index is 12.6. The van der Waals surface area contributed by atoms with Gasteiger partial charge in [0.25, 0.3) is 0 Å². The molecule has 2 heterocycles. The average Bonchev–Trinajstić information content (AvgIpc) is 2.62. The summed E-state index contributed by atoms with van der Waals surface area (Å²) in [5.74, 6) is 0.699. The molecule has 2 aromatic carbocycles. The molecule has 0 N–H and O–H groups in total. The molecule has 4 rings (SSSR count). The van der Waals surface area contributed by atoms with Gasteiger partial charge in [0, 0.05) is 16.3 Å². The van der Waals surface area contributed by atoms with Gasteiger partial charge in [-0.1, -0.05) is 57.2 Å². The second-order valence-electron chi connectivity index (χ2n) is 6.42. The van der Waals surface area contributed by atoms with E-state index >= 15 is 0 Å². The fraction of sp³-hybridized carbons (Fsp3) is 0.286. The standard InChI is InChI=1S/C19H14B2O3.C2H6/c1-10(20)15-9-14-11-5-3-4-6-12(11)17-13(16(14)18(22)23-15)7-8-19(2,21)24-17;1-2/h3-10H,1-2H3;1-2H3. The molecule has 2 atom stereocenters. The Bertz CT molecular complexity index is 1060. The van der Waals surface area contributed by atoms with E-state index in [-0.39, 0.29) is 5.82 Å². The summed E-state index contributed by atoms with van der Waals surface area (Å²) in [5, 5.41) is 3.11. The summed E-state index contributed by atoms with van der Waals surface area (Å²) in [6, 6.07) is 9.62. The van der Waals surface area contributed by atoms with E-state index in [1.807, 2.05) is 50.3 Å². The van der Waals surface area contributed by atoms with Crippen molar-refractivity contribution < 1.29 is 9.15 Å². The molecule has 0 fully saturated rings. The van der Waals surface area contributed by atoms with Crippen molar-refractivity contribution in [2.45, 2.75) is 39.0 Å². The van der Waals surface area contributed by atoms with E-state index < -0.39 is 11.1 Å². The van der Waals surface area contributed by atoms with Crippen LogP contribution in [0, 0.1) is 0 Å². The molecule has 0 saturated heterocycles. The van der Waals surface area contributed by atoms with Crippen LogP contribution in [0.2, 0.25) is 0 Å². The zero-order valence-corrected chi connectivity index (χ0v) is 15.5. The lowest BCUT2D eigenvalue weighted by molar-refractivity contribution is 0.227. The molecule has 0 saturated carbocycles. The molecule has 26 heavy (non-hydrogen) atoms. The second-order valence-corrected chi connectivity index (χ2v) is 6.42. The first-order valence-electron chi connectivity index (χ1n) is 8.82. The van der Waals surface area contributed by atoms with Crippen LogP contribution >= 0.6 is 0 Å². The maximum Gasteiger partial charge on any atom is 0.344 e. The summed E-state index contributed by atoms with van der Waals surface area (Å²) >= 11 is 0.